The van der Waals surface area contributed by atoms with E-state index in [1.165, 1.54) is 77.0 Å². The lowest BCUT2D eigenvalue weighted by Crippen LogP contribution is -2.24. The lowest BCUT2D eigenvalue weighted by atomic mass is 10.0. The van der Waals surface area contributed by atoms with Crippen LogP contribution in [0.1, 0.15) is 107 Å². The average Bonchev–Trinajstić information content (AvgIpc) is 2.72. The van der Waals surface area contributed by atoms with E-state index in [9.17, 15) is 14.7 Å². The zero-order chi connectivity index (χ0) is 21.2. The van der Waals surface area contributed by atoms with Gasteiger partial charge in [0, 0.05) is 6.54 Å². The van der Waals surface area contributed by atoms with Crippen LogP contribution in [-0.4, -0.2) is 24.0 Å². The van der Waals surface area contributed by atoms with E-state index in [1.807, 2.05) is 0 Å². The Bertz CT molecular complexity index is 575. The molecule has 2 amide bonds. The lowest BCUT2D eigenvalue weighted by Gasteiger charge is -2.09. The van der Waals surface area contributed by atoms with Crippen molar-refractivity contribution in [3.63, 3.8) is 0 Å². The Labute approximate surface area is 176 Å². The number of para-hydroxylation sites is 1. The number of carbonyl (C=O) groups excluding carboxylic acids is 2. The maximum absolute atomic E-state index is 12.2. The smallest absolute Gasteiger partial charge is 0.255 e. The van der Waals surface area contributed by atoms with Crippen LogP contribution in [0.25, 0.3) is 0 Å². The van der Waals surface area contributed by atoms with Gasteiger partial charge in [0.15, 0.2) is 5.75 Å². The fourth-order valence-corrected chi connectivity index (χ4v) is 3.52. The summed E-state index contributed by atoms with van der Waals surface area (Å²) in [5, 5.41) is 15.3. The van der Waals surface area contributed by atoms with Gasteiger partial charge >= 0.3 is 0 Å². The maximum Gasteiger partial charge on any atom is 0.255 e. The van der Waals surface area contributed by atoms with E-state index in [-0.39, 0.29) is 22.9 Å². The summed E-state index contributed by atoms with van der Waals surface area (Å²) < 4.78 is 0. The molecule has 0 aliphatic carbocycles. The van der Waals surface area contributed by atoms with E-state index >= 15 is 0 Å². The molecule has 0 atom stereocenters. The molecule has 1 rings (SSSR count). The predicted molar refractivity (Wildman–Crippen MR) is 120 cm³/mol. The minimum absolute atomic E-state index is 0.183. The Morgan fingerprint density at radius 1 is 0.862 bits per heavy atom. The van der Waals surface area contributed by atoms with Gasteiger partial charge in [0.05, 0.1) is 11.3 Å². The molecule has 1 aromatic rings. The molecule has 0 aromatic heterocycles. The molecule has 5 nitrogen and oxygen atoms in total. The van der Waals surface area contributed by atoms with Gasteiger partial charge in [-0.3, -0.25) is 9.59 Å². The summed E-state index contributed by atoms with van der Waals surface area (Å²) in [6.45, 7) is 2.86. The summed E-state index contributed by atoms with van der Waals surface area (Å²) in [5.41, 5.74) is 0.423. The zero-order valence-electron chi connectivity index (χ0n) is 18.2. The van der Waals surface area contributed by atoms with Gasteiger partial charge in [0.25, 0.3) is 5.91 Å². The monoisotopic (exact) mass is 404 g/mol. The van der Waals surface area contributed by atoms with E-state index in [0.29, 0.717) is 13.0 Å². The van der Waals surface area contributed by atoms with Crippen molar-refractivity contribution in [1.29, 1.82) is 0 Å². The van der Waals surface area contributed by atoms with Gasteiger partial charge in [-0.1, -0.05) is 96.5 Å². The quantitative estimate of drug-likeness (QED) is 0.155. The molecule has 0 radical (unpaired) electrons. The van der Waals surface area contributed by atoms with Crippen molar-refractivity contribution >= 4 is 18.0 Å². The third-order valence-corrected chi connectivity index (χ3v) is 5.31. The SMILES string of the molecule is CCCCCCCCCCCCCCCCNC(=O)c1cccc(NC=O)c1O. The lowest BCUT2D eigenvalue weighted by molar-refractivity contribution is -0.105. The molecule has 0 aliphatic rings. The number of aromatic hydroxyl groups is 1. The number of hydrogen-bond donors (Lipinski definition) is 3. The van der Waals surface area contributed by atoms with Gasteiger partial charge in [0.1, 0.15) is 0 Å². The number of phenolic OH excluding ortho intramolecular Hbond substituents is 1. The van der Waals surface area contributed by atoms with Gasteiger partial charge in [-0.2, -0.15) is 0 Å². The number of phenols is 1. The fourth-order valence-electron chi connectivity index (χ4n) is 3.52. The second kappa shape index (κ2) is 16.9. The number of rotatable bonds is 18. The van der Waals surface area contributed by atoms with E-state index in [0.717, 1.165) is 12.8 Å². The third kappa shape index (κ3) is 11.5. The molecular formula is C24H40N2O3. The summed E-state index contributed by atoms with van der Waals surface area (Å²) in [7, 11) is 0. The molecule has 3 N–H and O–H groups in total. The molecule has 0 spiro atoms. The molecular weight excluding hydrogens is 364 g/mol. The van der Waals surface area contributed by atoms with Crippen LogP contribution >= 0.6 is 0 Å². The van der Waals surface area contributed by atoms with Gasteiger partial charge in [0.2, 0.25) is 6.41 Å². The molecule has 29 heavy (non-hydrogen) atoms. The van der Waals surface area contributed by atoms with Gasteiger partial charge in [-0.05, 0) is 18.6 Å². The van der Waals surface area contributed by atoms with E-state index in [2.05, 4.69) is 17.6 Å². The van der Waals surface area contributed by atoms with Crippen molar-refractivity contribution in [2.45, 2.75) is 96.8 Å². The Balaban J connectivity index is 1.98. The van der Waals surface area contributed by atoms with Crippen LogP contribution in [0.2, 0.25) is 0 Å². The van der Waals surface area contributed by atoms with Crippen molar-refractivity contribution in [2.24, 2.45) is 0 Å². The van der Waals surface area contributed by atoms with Gasteiger partial charge in [-0.25, -0.2) is 0 Å². The van der Waals surface area contributed by atoms with Crippen LogP contribution in [0.3, 0.4) is 0 Å². The van der Waals surface area contributed by atoms with Crippen LogP contribution in [0.15, 0.2) is 18.2 Å². The number of unbranched alkanes of at least 4 members (excludes halogenated alkanes) is 13. The first kappa shape index (κ1) is 25.0. The van der Waals surface area contributed by atoms with E-state index in [1.54, 1.807) is 18.2 Å². The number of benzene rings is 1. The Morgan fingerprint density at radius 2 is 1.38 bits per heavy atom. The summed E-state index contributed by atoms with van der Waals surface area (Å²) in [6, 6.07) is 4.73. The normalized spacial score (nSPS) is 10.7. The first-order valence-corrected chi connectivity index (χ1v) is 11.5. The predicted octanol–water partition coefficient (Wildman–Crippen LogP) is 6.17. The summed E-state index contributed by atoms with van der Waals surface area (Å²) in [6.07, 6.45) is 18.7. The Kier molecular flexibility index (Phi) is 14.5. The fraction of sp³-hybridized carbons (Fsp3) is 0.667. The molecule has 0 saturated carbocycles. The highest BCUT2D eigenvalue weighted by Crippen LogP contribution is 2.26. The highest BCUT2D eigenvalue weighted by Gasteiger charge is 2.13. The van der Waals surface area contributed by atoms with Crippen molar-refractivity contribution in [3.05, 3.63) is 23.8 Å². The highest BCUT2D eigenvalue weighted by atomic mass is 16.3. The maximum atomic E-state index is 12.2. The van der Waals surface area contributed by atoms with Crippen LogP contribution in [0.5, 0.6) is 5.75 Å². The molecule has 0 aliphatic heterocycles. The number of hydrogen-bond acceptors (Lipinski definition) is 3. The molecule has 1 aromatic carbocycles. The third-order valence-electron chi connectivity index (χ3n) is 5.31. The standard InChI is InChI=1S/C24H40N2O3/c1-2-3-4-5-6-7-8-9-10-11-12-13-14-15-19-25-24(29)21-17-16-18-22(23(21)28)26-20-27/h16-18,20,28H,2-15,19H2,1H3,(H,25,29)(H,26,27). The summed E-state index contributed by atoms with van der Waals surface area (Å²) in [5.74, 6) is -0.509. The van der Waals surface area contributed by atoms with Crippen LogP contribution < -0.4 is 10.6 Å². The van der Waals surface area contributed by atoms with Crippen molar-refractivity contribution in [1.82, 2.24) is 5.32 Å². The Morgan fingerprint density at radius 3 is 1.90 bits per heavy atom. The number of amides is 2. The van der Waals surface area contributed by atoms with Crippen LogP contribution in [0.4, 0.5) is 5.69 Å². The number of anilines is 1. The molecule has 0 fully saturated rings. The Hall–Kier alpha value is -2.04. The minimum Gasteiger partial charge on any atom is -0.505 e. The first-order chi connectivity index (χ1) is 14.2. The van der Waals surface area contributed by atoms with Crippen LogP contribution in [0, 0.1) is 0 Å². The molecule has 0 heterocycles. The second-order valence-corrected chi connectivity index (χ2v) is 7.82. The first-order valence-electron chi connectivity index (χ1n) is 11.5. The second-order valence-electron chi connectivity index (χ2n) is 7.82. The average molecular weight is 405 g/mol. The molecule has 5 heteroatoms. The summed E-state index contributed by atoms with van der Waals surface area (Å²) >= 11 is 0. The molecule has 164 valence electrons. The van der Waals surface area contributed by atoms with Gasteiger partial charge < -0.3 is 15.7 Å². The summed E-state index contributed by atoms with van der Waals surface area (Å²) in [4.78, 5) is 22.7. The highest BCUT2D eigenvalue weighted by molar-refractivity contribution is 5.99. The zero-order valence-corrected chi connectivity index (χ0v) is 18.2. The topological polar surface area (TPSA) is 78.4 Å². The molecule has 0 unspecified atom stereocenters. The van der Waals surface area contributed by atoms with E-state index < -0.39 is 0 Å². The molecule has 0 bridgehead atoms. The largest absolute Gasteiger partial charge is 0.505 e. The van der Waals surface area contributed by atoms with Gasteiger partial charge in [-0.15, -0.1) is 0 Å². The van der Waals surface area contributed by atoms with Crippen molar-refractivity contribution in [3.8, 4) is 5.75 Å². The number of carbonyl (C=O) groups is 2. The molecule has 0 saturated heterocycles. The van der Waals surface area contributed by atoms with Crippen molar-refractivity contribution in [2.75, 3.05) is 11.9 Å². The van der Waals surface area contributed by atoms with Crippen molar-refractivity contribution < 1.29 is 14.7 Å². The minimum atomic E-state index is -0.313. The van der Waals surface area contributed by atoms with Crippen LogP contribution in [-0.2, 0) is 4.79 Å². The number of nitrogens with one attached hydrogen (secondary N) is 2. The van der Waals surface area contributed by atoms with E-state index in [4.69, 9.17) is 0 Å².